The maximum absolute atomic E-state index is 12.9. The van der Waals surface area contributed by atoms with Gasteiger partial charge in [-0.2, -0.15) is 0 Å². The molecule has 9 nitrogen and oxygen atoms in total. The molecule has 2 aromatic rings. The van der Waals surface area contributed by atoms with Crippen molar-refractivity contribution >= 4 is 29.4 Å². The van der Waals surface area contributed by atoms with Gasteiger partial charge in [0, 0.05) is 51.1 Å². The van der Waals surface area contributed by atoms with Crippen LogP contribution >= 0.6 is 11.8 Å². The number of urea groups is 1. The Kier molecular flexibility index (Phi) is 6.22. The molecule has 0 radical (unpaired) electrons. The summed E-state index contributed by atoms with van der Waals surface area (Å²) >= 11 is 1.43. The Morgan fingerprint density at radius 2 is 1.81 bits per heavy atom. The van der Waals surface area contributed by atoms with Gasteiger partial charge in [0.1, 0.15) is 5.82 Å². The van der Waals surface area contributed by atoms with Crippen LogP contribution in [0.1, 0.15) is 6.42 Å². The molecule has 1 aromatic carbocycles. The number of carbonyl (C=O) groups excluding carboxylic acids is 2. The summed E-state index contributed by atoms with van der Waals surface area (Å²) in [5.41, 5.74) is 0.537. The Morgan fingerprint density at radius 1 is 1.15 bits per heavy atom. The van der Waals surface area contributed by atoms with Gasteiger partial charge in [0.15, 0.2) is 0 Å². The fourth-order valence-electron chi connectivity index (χ4n) is 2.63. The lowest BCUT2D eigenvalue weighted by Crippen LogP contribution is -2.51. The van der Waals surface area contributed by atoms with Gasteiger partial charge in [-0.3, -0.25) is 4.79 Å². The molecule has 1 aliphatic rings. The van der Waals surface area contributed by atoms with Crippen molar-refractivity contribution in [3.8, 4) is 0 Å². The number of nitrogens with one attached hydrogen (secondary N) is 1. The van der Waals surface area contributed by atoms with Gasteiger partial charge in [-0.05, 0) is 34.7 Å². The van der Waals surface area contributed by atoms with Gasteiger partial charge in [0.05, 0.1) is 0 Å². The molecule has 0 saturated carbocycles. The molecule has 27 heavy (non-hydrogen) atoms. The third-order valence-corrected chi connectivity index (χ3v) is 5.16. The number of aryl methyl sites for hydroxylation is 1. The maximum Gasteiger partial charge on any atom is 0.321 e. The SMILES string of the molecule is Cn1nnnc1SCCC(=O)N1CCN(C(=O)Nc2ccc(F)cc2)CC1. The van der Waals surface area contributed by atoms with Crippen molar-refractivity contribution in [2.75, 3.05) is 37.2 Å². The van der Waals surface area contributed by atoms with Crippen molar-refractivity contribution in [1.29, 1.82) is 0 Å². The summed E-state index contributed by atoms with van der Waals surface area (Å²) in [6, 6.07) is 5.36. The molecule has 1 fully saturated rings. The molecule has 0 unspecified atom stereocenters. The van der Waals surface area contributed by atoms with Gasteiger partial charge in [-0.1, -0.05) is 11.8 Å². The molecule has 144 valence electrons. The quantitative estimate of drug-likeness (QED) is 0.767. The molecular weight excluding hydrogens is 373 g/mol. The Bertz CT molecular complexity index is 790. The van der Waals surface area contributed by atoms with E-state index in [1.165, 1.54) is 36.0 Å². The van der Waals surface area contributed by atoms with Gasteiger partial charge in [0.25, 0.3) is 0 Å². The third-order valence-electron chi connectivity index (χ3n) is 4.14. The Hall–Kier alpha value is -2.69. The molecule has 3 rings (SSSR count). The fourth-order valence-corrected chi connectivity index (χ4v) is 3.40. The van der Waals surface area contributed by atoms with E-state index in [0.717, 1.165) is 0 Å². The number of nitrogens with zero attached hydrogens (tertiary/aromatic N) is 6. The number of tetrazole rings is 1. The van der Waals surface area contributed by atoms with E-state index in [1.807, 2.05) is 0 Å². The van der Waals surface area contributed by atoms with Gasteiger partial charge in [0.2, 0.25) is 11.1 Å². The standard InChI is InChI=1S/C16H20FN7O2S/c1-22-16(19-20-21-22)27-11-6-14(25)23-7-9-24(10-8-23)15(26)18-13-4-2-12(17)3-5-13/h2-5H,6-11H2,1H3,(H,18,26). The van der Waals surface area contributed by atoms with Crippen LogP contribution in [0, 0.1) is 5.82 Å². The van der Waals surface area contributed by atoms with Gasteiger partial charge >= 0.3 is 6.03 Å². The molecule has 1 N–H and O–H groups in total. The monoisotopic (exact) mass is 393 g/mol. The number of hydrogen-bond donors (Lipinski definition) is 1. The summed E-state index contributed by atoms with van der Waals surface area (Å²) in [6.07, 6.45) is 0.388. The summed E-state index contributed by atoms with van der Waals surface area (Å²) in [6.45, 7) is 1.90. The van der Waals surface area contributed by atoms with Crippen molar-refractivity contribution in [2.24, 2.45) is 7.05 Å². The number of amides is 3. The molecule has 0 spiro atoms. The summed E-state index contributed by atoms with van der Waals surface area (Å²) in [5.74, 6) is 0.295. The summed E-state index contributed by atoms with van der Waals surface area (Å²) < 4.78 is 14.5. The highest BCUT2D eigenvalue weighted by atomic mass is 32.2. The van der Waals surface area contributed by atoms with Crippen LogP contribution in [0.25, 0.3) is 0 Å². The zero-order valence-corrected chi connectivity index (χ0v) is 15.7. The molecule has 0 bridgehead atoms. The van der Waals surface area contributed by atoms with E-state index < -0.39 is 0 Å². The van der Waals surface area contributed by atoms with Crippen LogP contribution in [0.2, 0.25) is 0 Å². The number of rotatable bonds is 5. The number of aromatic nitrogens is 4. The first-order valence-corrected chi connectivity index (χ1v) is 9.46. The largest absolute Gasteiger partial charge is 0.339 e. The first-order chi connectivity index (χ1) is 13.0. The zero-order chi connectivity index (χ0) is 19.2. The highest BCUT2D eigenvalue weighted by Gasteiger charge is 2.24. The molecular formula is C16H20FN7O2S. The minimum atomic E-state index is -0.353. The normalized spacial score (nSPS) is 14.3. The first kappa shape index (κ1) is 19.1. The minimum Gasteiger partial charge on any atom is -0.339 e. The Labute approximate surface area is 159 Å². The Balaban J connectivity index is 1.40. The van der Waals surface area contributed by atoms with E-state index in [4.69, 9.17) is 0 Å². The molecule has 2 heterocycles. The van der Waals surface area contributed by atoms with Crippen molar-refractivity contribution in [1.82, 2.24) is 30.0 Å². The van der Waals surface area contributed by atoms with Gasteiger partial charge in [-0.15, -0.1) is 5.10 Å². The summed E-state index contributed by atoms with van der Waals surface area (Å²) in [7, 11) is 1.75. The van der Waals surface area contributed by atoms with Crippen molar-refractivity contribution < 1.29 is 14.0 Å². The van der Waals surface area contributed by atoms with Gasteiger partial charge < -0.3 is 15.1 Å². The lowest BCUT2D eigenvalue weighted by atomic mass is 10.3. The van der Waals surface area contributed by atoms with Crippen LogP contribution < -0.4 is 5.32 Å². The number of carbonyl (C=O) groups is 2. The van der Waals surface area contributed by atoms with E-state index >= 15 is 0 Å². The smallest absolute Gasteiger partial charge is 0.321 e. The van der Waals surface area contributed by atoms with E-state index in [2.05, 4.69) is 20.8 Å². The second-order valence-corrected chi connectivity index (χ2v) is 7.05. The second kappa shape index (κ2) is 8.80. The number of benzene rings is 1. The van der Waals surface area contributed by atoms with Crippen LogP contribution in [0.5, 0.6) is 0 Å². The predicted molar refractivity (Wildman–Crippen MR) is 97.7 cm³/mol. The van der Waals surface area contributed by atoms with Crippen molar-refractivity contribution in [2.45, 2.75) is 11.6 Å². The number of piperazine rings is 1. The third kappa shape index (κ3) is 5.16. The maximum atomic E-state index is 12.9. The van der Waals surface area contributed by atoms with Crippen molar-refractivity contribution in [3.63, 3.8) is 0 Å². The minimum absolute atomic E-state index is 0.0521. The zero-order valence-electron chi connectivity index (χ0n) is 14.8. The molecule has 0 aliphatic carbocycles. The van der Waals surface area contributed by atoms with E-state index in [9.17, 15) is 14.0 Å². The van der Waals surface area contributed by atoms with Gasteiger partial charge in [-0.25, -0.2) is 13.9 Å². The molecule has 1 aromatic heterocycles. The number of hydrogen-bond acceptors (Lipinski definition) is 6. The Morgan fingerprint density at radius 3 is 2.44 bits per heavy atom. The molecule has 1 aliphatic heterocycles. The topological polar surface area (TPSA) is 96.2 Å². The number of halogens is 1. The molecule has 0 atom stereocenters. The average Bonchev–Trinajstić information content (AvgIpc) is 3.08. The number of thioether (sulfide) groups is 1. The fraction of sp³-hybridized carbons (Fsp3) is 0.438. The summed E-state index contributed by atoms with van der Waals surface area (Å²) in [5, 5.41) is 14.6. The highest BCUT2D eigenvalue weighted by molar-refractivity contribution is 7.99. The van der Waals surface area contributed by atoms with E-state index in [0.29, 0.717) is 49.2 Å². The number of anilines is 1. The van der Waals surface area contributed by atoms with Crippen LogP contribution in [0.15, 0.2) is 29.4 Å². The van der Waals surface area contributed by atoms with Crippen LogP contribution in [0.3, 0.4) is 0 Å². The van der Waals surface area contributed by atoms with Crippen LogP contribution in [0.4, 0.5) is 14.9 Å². The van der Waals surface area contributed by atoms with E-state index in [-0.39, 0.29) is 17.8 Å². The lowest BCUT2D eigenvalue weighted by Gasteiger charge is -2.34. The highest BCUT2D eigenvalue weighted by Crippen LogP contribution is 2.15. The molecule has 1 saturated heterocycles. The molecule has 3 amide bonds. The predicted octanol–water partition coefficient (Wildman–Crippen LogP) is 1.21. The van der Waals surface area contributed by atoms with Crippen molar-refractivity contribution in [3.05, 3.63) is 30.1 Å². The van der Waals surface area contributed by atoms with Crippen LogP contribution in [-0.2, 0) is 11.8 Å². The summed E-state index contributed by atoms with van der Waals surface area (Å²) in [4.78, 5) is 28.0. The van der Waals surface area contributed by atoms with Crippen LogP contribution in [-0.4, -0.2) is 73.9 Å². The first-order valence-electron chi connectivity index (χ1n) is 8.47. The molecule has 11 heteroatoms. The van der Waals surface area contributed by atoms with E-state index in [1.54, 1.807) is 21.5 Å². The average molecular weight is 393 g/mol. The lowest BCUT2D eigenvalue weighted by molar-refractivity contribution is -0.132. The second-order valence-electron chi connectivity index (χ2n) is 5.99.